The van der Waals surface area contributed by atoms with E-state index in [2.05, 4.69) is 6.07 Å². The average Bonchev–Trinajstić information content (AvgIpc) is 2.93. The van der Waals surface area contributed by atoms with Crippen LogP contribution in [0.4, 0.5) is 11.4 Å². The number of carbonyl (C=O) groups excluding carboxylic acids is 1. The van der Waals surface area contributed by atoms with Gasteiger partial charge in [-0.25, -0.2) is 0 Å². The predicted octanol–water partition coefficient (Wildman–Crippen LogP) is 7.06. The van der Waals surface area contributed by atoms with Gasteiger partial charge in [-0.05, 0) is 85.7 Å². The summed E-state index contributed by atoms with van der Waals surface area (Å²) < 4.78 is 6.14. The van der Waals surface area contributed by atoms with Gasteiger partial charge in [0.05, 0.1) is 22.5 Å². The highest BCUT2D eigenvalue weighted by molar-refractivity contribution is 6.30. The molecule has 2 N–H and O–H groups in total. The Labute approximate surface area is 243 Å². The zero-order valence-corrected chi connectivity index (χ0v) is 23.8. The van der Waals surface area contributed by atoms with Gasteiger partial charge in [0.2, 0.25) is 0 Å². The number of benzene rings is 3. The molecule has 1 heterocycles. The number of nitro groups is 1. The van der Waals surface area contributed by atoms with E-state index in [1.165, 1.54) is 11.0 Å². The Morgan fingerprint density at radius 3 is 2.56 bits per heavy atom. The molecule has 1 atom stereocenters. The second kappa shape index (κ2) is 11.1. The minimum absolute atomic E-state index is 0.0883. The minimum Gasteiger partial charge on any atom is -0.489 e. The molecule has 208 valence electrons. The van der Waals surface area contributed by atoms with Crippen LogP contribution < -0.4 is 15.4 Å². The number of nitrogens with zero attached hydrogens (tertiary/aromatic N) is 3. The maximum atomic E-state index is 13.6. The van der Waals surface area contributed by atoms with E-state index < -0.39 is 10.8 Å². The van der Waals surface area contributed by atoms with Crippen LogP contribution in [0.1, 0.15) is 53.0 Å². The summed E-state index contributed by atoms with van der Waals surface area (Å²) in [7, 11) is 0. The summed E-state index contributed by atoms with van der Waals surface area (Å²) in [5.41, 5.74) is 12.5. The predicted molar refractivity (Wildman–Crippen MR) is 157 cm³/mol. The molecule has 9 heteroatoms. The third-order valence-corrected chi connectivity index (χ3v) is 8.02. The Bertz CT molecular complexity index is 1700. The Balaban J connectivity index is 1.65. The van der Waals surface area contributed by atoms with Gasteiger partial charge in [0.15, 0.2) is 5.78 Å². The fourth-order valence-electron chi connectivity index (χ4n) is 5.79. The van der Waals surface area contributed by atoms with E-state index in [9.17, 15) is 20.2 Å². The number of Topliss-reactive ketones (excluding diaryl/α,β-unsaturated/α-hetero) is 1. The summed E-state index contributed by atoms with van der Waals surface area (Å²) in [5.74, 6) is 0.0193. The summed E-state index contributed by atoms with van der Waals surface area (Å²) in [5, 5.41) is 22.9. The van der Waals surface area contributed by atoms with Gasteiger partial charge in [0.1, 0.15) is 23.9 Å². The molecule has 8 nitrogen and oxygen atoms in total. The smallest absolute Gasteiger partial charge is 0.293 e. The molecule has 1 aliphatic carbocycles. The van der Waals surface area contributed by atoms with E-state index in [-0.39, 0.29) is 35.2 Å². The van der Waals surface area contributed by atoms with Crippen molar-refractivity contribution in [3.63, 3.8) is 0 Å². The summed E-state index contributed by atoms with van der Waals surface area (Å²) >= 11 is 6.10. The van der Waals surface area contributed by atoms with Crippen molar-refractivity contribution in [2.24, 2.45) is 5.73 Å². The van der Waals surface area contributed by atoms with Crippen molar-refractivity contribution in [1.29, 1.82) is 5.26 Å². The minimum atomic E-state index is -0.696. The molecule has 0 bridgehead atoms. The topological polar surface area (TPSA) is 122 Å². The van der Waals surface area contributed by atoms with Gasteiger partial charge in [-0.15, -0.1) is 0 Å². The Kier molecular flexibility index (Phi) is 7.57. The fraction of sp³-hybridized carbons (Fsp3) is 0.250. The van der Waals surface area contributed by atoms with Gasteiger partial charge in [-0.1, -0.05) is 35.9 Å². The van der Waals surface area contributed by atoms with Crippen molar-refractivity contribution < 1.29 is 14.5 Å². The molecule has 0 spiro atoms. The van der Waals surface area contributed by atoms with Crippen LogP contribution in [0.25, 0.3) is 0 Å². The number of carbonyl (C=O) groups is 1. The van der Waals surface area contributed by atoms with Crippen molar-refractivity contribution >= 4 is 28.8 Å². The van der Waals surface area contributed by atoms with Crippen molar-refractivity contribution in [1.82, 2.24) is 0 Å². The molecule has 0 saturated carbocycles. The summed E-state index contributed by atoms with van der Waals surface area (Å²) in [6, 6.07) is 17.9. The zero-order chi connectivity index (χ0) is 29.4. The highest BCUT2D eigenvalue weighted by Gasteiger charge is 2.42. The molecule has 3 aromatic carbocycles. The first-order valence-corrected chi connectivity index (χ1v) is 13.7. The first kappa shape index (κ1) is 27.9. The van der Waals surface area contributed by atoms with Crippen LogP contribution in [0, 0.1) is 42.2 Å². The third-order valence-electron chi connectivity index (χ3n) is 7.79. The molecule has 0 aromatic heterocycles. The van der Waals surface area contributed by atoms with Gasteiger partial charge in [-0.3, -0.25) is 19.8 Å². The molecule has 1 unspecified atom stereocenters. The number of nitro benzene ring substituents is 1. The van der Waals surface area contributed by atoms with Crippen LogP contribution in [0.15, 0.2) is 77.3 Å². The van der Waals surface area contributed by atoms with Crippen LogP contribution in [0.5, 0.6) is 5.75 Å². The number of nitriles is 1. The van der Waals surface area contributed by atoms with Gasteiger partial charge in [-0.2, -0.15) is 5.26 Å². The van der Waals surface area contributed by atoms with Gasteiger partial charge in [0, 0.05) is 28.8 Å². The SMILES string of the molecule is Cc1cc(C)c(C2C(C#N)=C(N)N(c3ccccc3[N+](=O)[O-])C3=C2C(=O)CCC3)cc1COc1ccc(Cl)cc1C. The number of anilines is 1. The van der Waals surface area contributed by atoms with Crippen molar-refractivity contribution in [2.45, 2.75) is 52.6 Å². The fourth-order valence-corrected chi connectivity index (χ4v) is 6.02. The van der Waals surface area contributed by atoms with Crippen molar-refractivity contribution in [2.75, 3.05) is 4.90 Å². The second-order valence-corrected chi connectivity index (χ2v) is 10.8. The van der Waals surface area contributed by atoms with E-state index in [0.717, 1.165) is 27.8 Å². The maximum Gasteiger partial charge on any atom is 0.293 e. The number of hydrogen-bond donors (Lipinski definition) is 1. The highest BCUT2D eigenvalue weighted by Crippen LogP contribution is 2.48. The lowest BCUT2D eigenvalue weighted by Crippen LogP contribution is -2.39. The van der Waals surface area contributed by atoms with E-state index >= 15 is 0 Å². The molecule has 1 aliphatic heterocycles. The van der Waals surface area contributed by atoms with Crippen molar-refractivity contribution in [3.05, 3.63) is 120 Å². The first-order chi connectivity index (χ1) is 19.6. The Hall–Kier alpha value is -4.61. The van der Waals surface area contributed by atoms with Crippen LogP contribution >= 0.6 is 11.6 Å². The van der Waals surface area contributed by atoms with Crippen molar-refractivity contribution in [3.8, 4) is 11.8 Å². The van der Waals surface area contributed by atoms with Crippen LogP contribution in [0.2, 0.25) is 5.02 Å². The summed E-state index contributed by atoms with van der Waals surface area (Å²) in [4.78, 5) is 26.5. The molecule has 3 aromatic rings. The van der Waals surface area contributed by atoms with E-state index in [0.29, 0.717) is 41.3 Å². The molecule has 0 amide bonds. The number of halogens is 1. The Morgan fingerprint density at radius 1 is 1.10 bits per heavy atom. The normalized spacial score (nSPS) is 16.9. The average molecular weight is 569 g/mol. The van der Waals surface area contributed by atoms with Crippen LogP contribution in [-0.4, -0.2) is 10.7 Å². The lowest BCUT2D eigenvalue weighted by molar-refractivity contribution is -0.384. The number of aryl methyl sites for hydroxylation is 3. The lowest BCUT2D eigenvalue weighted by atomic mass is 9.74. The highest BCUT2D eigenvalue weighted by atomic mass is 35.5. The number of para-hydroxylation sites is 2. The maximum absolute atomic E-state index is 13.6. The molecule has 2 aliphatic rings. The number of ketones is 1. The number of hydrogen-bond acceptors (Lipinski definition) is 7. The number of ether oxygens (including phenoxy) is 1. The third kappa shape index (κ3) is 5.05. The first-order valence-electron chi connectivity index (χ1n) is 13.3. The second-order valence-electron chi connectivity index (χ2n) is 10.4. The number of allylic oxidation sites excluding steroid dienone is 3. The molecule has 0 radical (unpaired) electrons. The summed E-state index contributed by atoms with van der Waals surface area (Å²) in [6.45, 7) is 6.14. The molecular weight excluding hydrogens is 540 g/mol. The van der Waals surface area contributed by atoms with Crippen LogP contribution in [-0.2, 0) is 11.4 Å². The van der Waals surface area contributed by atoms with Gasteiger partial charge < -0.3 is 10.5 Å². The largest absolute Gasteiger partial charge is 0.489 e. The van der Waals surface area contributed by atoms with E-state index in [1.54, 1.807) is 24.3 Å². The number of nitrogens with two attached hydrogens (primary N) is 1. The monoisotopic (exact) mass is 568 g/mol. The lowest BCUT2D eigenvalue weighted by Gasteiger charge is -2.39. The van der Waals surface area contributed by atoms with E-state index in [4.69, 9.17) is 22.1 Å². The standard InChI is InChI=1S/C32H29ClN4O4/c1-18-13-19(2)23(15-21(18)17-41-29-12-11-22(33)14-20(29)3)30-24(16-34)32(35)36(27-9-6-10-28(38)31(27)30)25-7-4-5-8-26(25)37(39)40/h4-5,7-8,11-15,30H,6,9-10,17,35H2,1-3H3. The molecular formula is C32H29ClN4O4. The molecule has 41 heavy (non-hydrogen) atoms. The van der Waals surface area contributed by atoms with Gasteiger partial charge >= 0.3 is 0 Å². The number of rotatable bonds is 6. The van der Waals surface area contributed by atoms with Crippen LogP contribution in [0.3, 0.4) is 0 Å². The molecule has 0 fully saturated rings. The zero-order valence-electron chi connectivity index (χ0n) is 23.0. The Morgan fingerprint density at radius 2 is 1.85 bits per heavy atom. The molecule has 0 saturated heterocycles. The summed E-state index contributed by atoms with van der Waals surface area (Å²) in [6.07, 6.45) is 1.41. The van der Waals surface area contributed by atoms with Gasteiger partial charge in [0.25, 0.3) is 5.69 Å². The van der Waals surface area contributed by atoms with E-state index in [1.807, 2.05) is 45.0 Å². The quantitative estimate of drug-likeness (QED) is 0.249. The molecule has 5 rings (SSSR count).